The summed E-state index contributed by atoms with van der Waals surface area (Å²) in [6.07, 6.45) is 11.7. The van der Waals surface area contributed by atoms with Gasteiger partial charge in [-0.25, -0.2) is 9.50 Å². The van der Waals surface area contributed by atoms with Crippen LogP contribution < -0.4 is 10.1 Å². The molecule has 0 bridgehead atoms. The Morgan fingerprint density at radius 2 is 1.92 bits per heavy atom. The molecular weight excluding hydrogens is 470 g/mol. The lowest BCUT2D eigenvalue weighted by atomic mass is 10.1. The van der Waals surface area contributed by atoms with Crippen molar-refractivity contribution in [3.63, 3.8) is 0 Å². The van der Waals surface area contributed by atoms with Crippen LogP contribution in [0.1, 0.15) is 48.7 Å². The van der Waals surface area contributed by atoms with Gasteiger partial charge in [0.2, 0.25) is 0 Å². The van der Waals surface area contributed by atoms with Crippen molar-refractivity contribution >= 4 is 22.9 Å². The van der Waals surface area contributed by atoms with Gasteiger partial charge in [0.25, 0.3) is 5.91 Å². The Morgan fingerprint density at radius 3 is 2.72 bits per heavy atom. The summed E-state index contributed by atoms with van der Waals surface area (Å²) in [5.41, 5.74) is 4.70. The summed E-state index contributed by atoms with van der Waals surface area (Å²) >= 11 is 1.45. The number of carbonyl (C=O) groups is 1. The van der Waals surface area contributed by atoms with Gasteiger partial charge < -0.3 is 10.1 Å². The normalized spacial score (nSPS) is 14.2. The Morgan fingerprint density at radius 1 is 1.08 bits per heavy atom. The maximum absolute atomic E-state index is 12.4. The number of unbranched alkanes of at least 4 members (excludes halogenated alkanes) is 1. The topological polar surface area (TPSA) is 71.8 Å². The van der Waals surface area contributed by atoms with Crippen LogP contribution in [0.2, 0.25) is 0 Å². The van der Waals surface area contributed by atoms with Crippen LogP contribution >= 0.6 is 11.3 Å². The van der Waals surface area contributed by atoms with Crippen LogP contribution in [-0.4, -0.2) is 58.2 Å². The average molecular weight is 504 g/mol. The number of likely N-dealkylation sites (tertiary alicyclic amines) is 1. The van der Waals surface area contributed by atoms with Gasteiger partial charge in [0.1, 0.15) is 12.4 Å². The number of thiophene rings is 1. The van der Waals surface area contributed by atoms with Crippen molar-refractivity contribution in [2.75, 3.05) is 32.8 Å². The molecule has 8 heteroatoms. The molecule has 188 valence electrons. The van der Waals surface area contributed by atoms with E-state index in [4.69, 9.17) is 9.72 Å². The summed E-state index contributed by atoms with van der Waals surface area (Å²) in [6, 6.07) is 10.1. The van der Waals surface area contributed by atoms with Crippen LogP contribution in [0.25, 0.3) is 27.9 Å². The molecule has 1 N–H and O–H groups in total. The highest BCUT2D eigenvalue weighted by Gasteiger charge is 2.14. The van der Waals surface area contributed by atoms with E-state index in [-0.39, 0.29) is 5.91 Å². The maximum Gasteiger partial charge on any atom is 0.261 e. The molecule has 1 fully saturated rings. The van der Waals surface area contributed by atoms with Crippen LogP contribution in [0.3, 0.4) is 0 Å². The van der Waals surface area contributed by atoms with E-state index in [0.29, 0.717) is 18.0 Å². The molecule has 1 amide bonds. The van der Waals surface area contributed by atoms with E-state index in [2.05, 4.69) is 34.4 Å². The van der Waals surface area contributed by atoms with E-state index in [9.17, 15) is 4.79 Å². The van der Waals surface area contributed by atoms with Gasteiger partial charge in [-0.2, -0.15) is 5.10 Å². The third kappa shape index (κ3) is 5.77. The first-order chi connectivity index (χ1) is 17.7. The van der Waals surface area contributed by atoms with Crippen molar-refractivity contribution in [1.82, 2.24) is 24.8 Å². The number of aromatic nitrogens is 3. The molecule has 0 unspecified atom stereocenters. The largest absolute Gasteiger partial charge is 0.492 e. The van der Waals surface area contributed by atoms with E-state index in [1.165, 1.54) is 43.7 Å². The number of nitrogens with zero attached hydrogens (tertiary/aromatic N) is 4. The Balaban J connectivity index is 1.23. The van der Waals surface area contributed by atoms with Gasteiger partial charge in [-0.1, -0.05) is 31.9 Å². The number of fused-ring (bicyclic) bond motifs is 1. The van der Waals surface area contributed by atoms with Crippen molar-refractivity contribution in [1.29, 1.82) is 0 Å². The fourth-order valence-corrected chi connectivity index (χ4v) is 5.33. The summed E-state index contributed by atoms with van der Waals surface area (Å²) in [6.45, 7) is 6.90. The number of ether oxygens (including phenoxy) is 1. The molecule has 0 spiro atoms. The monoisotopic (exact) mass is 503 g/mol. The van der Waals surface area contributed by atoms with Crippen molar-refractivity contribution < 1.29 is 9.53 Å². The molecule has 0 saturated carbocycles. The van der Waals surface area contributed by atoms with Gasteiger partial charge in [0.15, 0.2) is 5.65 Å². The predicted molar refractivity (Wildman–Crippen MR) is 145 cm³/mol. The van der Waals surface area contributed by atoms with Gasteiger partial charge >= 0.3 is 0 Å². The first-order valence-electron chi connectivity index (χ1n) is 12.9. The van der Waals surface area contributed by atoms with Gasteiger partial charge in [-0.15, -0.1) is 11.3 Å². The zero-order valence-corrected chi connectivity index (χ0v) is 21.6. The zero-order chi connectivity index (χ0) is 24.7. The second kappa shape index (κ2) is 11.7. The van der Waals surface area contributed by atoms with Crippen LogP contribution in [0, 0.1) is 0 Å². The highest BCUT2D eigenvalue weighted by molar-refractivity contribution is 7.12. The number of benzene rings is 1. The van der Waals surface area contributed by atoms with Crippen molar-refractivity contribution in [2.24, 2.45) is 0 Å². The lowest BCUT2D eigenvalue weighted by Gasteiger charge is -2.26. The molecule has 36 heavy (non-hydrogen) atoms. The van der Waals surface area contributed by atoms with Crippen LogP contribution in [-0.2, 0) is 0 Å². The van der Waals surface area contributed by atoms with Crippen molar-refractivity contribution in [3.05, 3.63) is 59.2 Å². The Hall–Kier alpha value is -3.23. The first-order valence-corrected chi connectivity index (χ1v) is 13.8. The molecule has 7 nitrogen and oxygen atoms in total. The van der Waals surface area contributed by atoms with Crippen LogP contribution in [0.4, 0.5) is 0 Å². The van der Waals surface area contributed by atoms with Crippen LogP contribution in [0.5, 0.6) is 5.75 Å². The SMILES string of the molecule is CCCCNC(=O)c1cc(-c2cnn3cc(-c4ccc(OCCN5CCCCC5)cc4)cnc23)cs1. The number of amides is 1. The van der Waals surface area contributed by atoms with Gasteiger partial charge in [-0.3, -0.25) is 9.69 Å². The maximum atomic E-state index is 12.4. The molecule has 1 aliphatic rings. The number of carbonyl (C=O) groups excluding carboxylic acids is 1. The van der Waals surface area contributed by atoms with E-state index in [0.717, 1.165) is 53.0 Å². The molecule has 5 rings (SSSR count). The minimum Gasteiger partial charge on any atom is -0.492 e. The lowest BCUT2D eigenvalue weighted by molar-refractivity contribution is 0.0957. The van der Waals surface area contributed by atoms with E-state index in [1.54, 1.807) is 4.52 Å². The second-order valence-electron chi connectivity index (χ2n) is 9.25. The van der Waals surface area contributed by atoms with E-state index < -0.39 is 0 Å². The molecule has 0 atom stereocenters. The fourth-order valence-electron chi connectivity index (χ4n) is 4.51. The third-order valence-corrected chi connectivity index (χ3v) is 7.55. The first kappa shape index (κ1) is 24.5. The predicted octanol–water partition coefficient (Wildman–Crippen LogP) is 5.52. The zero-order valence-electron chi connectivity index (χ0n) is 20.8. The quantitative estimate of drug-likeness (QED) is 0.289. The summed E-state index contributed by atoms with van der Waals surface area (Å²) in [5, 5.41) is 9.49. The standard InChI is InChI=1S/C28H33N5O2S/c1-2-3-11-29-28(34)26-16-22(20-36-26)25-18-31-33-19-23(17-30-27(25)33)21-7-9-24(10-8-21)35-15-14-32-12-5-4-6-13-32/h7-10,16-20H,2-6,11-15H2,1H3,(H,29,34). The summed E-state index contributed by atoms with van der Waals surface area (Å²) in [4.78, 5) is 20.3. The summed E-state index contributed by atoms with van der Waals surface area (Å²) in [7, 11) is 0. The fraction of sp³-hybridized carbons (Fsp3) is 0.393. The minimum atomic E-state index is -0.0228. The second-order valence-corrected chi connectivity index (χ2v) is 10.2. The van der Waals surface area contributed by atoms with Crippen molar-refractivity contribution in [2.45, 2.75) is 39.0 Å². The van der Waals surface area contributed by atoms with Gasteiger partial charge in [0, 0.05) is 36.6 Å². The minimum absolute atomic E-state index is 0.0228. The number of nitrogens with one attached hydrogen (secondary N) is 1. The molecule has 1 aliphatic heterocycles. The molecule has 4 aromatic rings. The smallest absolute Gasteiger partial charge is 0.261 e. The Kier molecular flexibility index (Phi) is 7.93. The molecule has 1 saturated heterocycles. The highest BCUT2D eigenvalue weighted by Crippen LogP contribution is 2.30. The summed E-state index contributed by atoms with van der Waals surface area (Å²) < 4.78 is 7.76. The molecular formula is C28H33N5O2S. The number of rotatable bonds is 10. The molecule has 4 heterocycles. The number of hydrogen-bond acceptors (Lipinski definition) is 6. The molecule has 0 radical (unpaired) electrons. The third-order valence-electron chi connectivity index (χ3n) is 6.62. The van der Waals surface area contributed by atoms with Crippen molar-refractivity contribution in [3.8, 4) is 28.0 Å². The average Bonchev–Trinajstić information content (AvgIpc) is 3.57. The number of piperidine rings is 1. The Bertz CT molecular complexity index is 1290. The highest BCUT2D eigenvalue weighted by atomic mass is 32.1. The lowest BCUT2D eigenvalue weighted by Crippen LogP contribution is -2.33. The summed E-state index contributed by atoms with van der Waals surface area (Å²) in [5.74, 6) is 0.864. The van der Waals surface area contributed by atoms with Gasteiger partial charge in [-0.05, 0) is 67.1 Å². The molecule has 3 aromatic heterocycles. The molecule has 0 aliphatic carbocycles. The molecule has 1 aromatic carbocycles. The van der Waals surface area contributed by atoms with E-state index in [1.807, 2.05) is 42.2 Å². The Labute approximate surface area is 216 Å². The van der Waals surface area contributed by atoms with E-state index >= 15 is 0 Å². The van der Waals surface area contributed by atoms with Gasteiger partial charge in [0.05, 0.1) is 11.1 Å². The van der Waals surface area contributed by atoms with Crippen LogP contribution in [0.15, 0.2) is 54.3 Å². The number of hydrogen-bond donors (Lipinski definition) is 1.